The van der Waals surface area contributed by atoms with E-state index in [1.807, 2.05) is 24.4 Å². The van der Waals surface area contributed by atoms with Crippen molar-refractivity contribution in [1.82, 2.24) is 14.6 Å². The lowest BCUT2D eigenvalue weighted by molar-refractivity contribution is 1.09. The van der Waals surface area contributed by atoms with Crippen molar-refractivity contribution in [3.05, 3.63) is 27.5 Å². The first-order valence-corrected chi connectivity index (χ1v) is 7.59. The largest absolute Gasteiger partial charge is 0.234 e. The average molecular weight is 300 g/mol. The summed E-state index contributed by atoms with van der Waals surface area (Å²) in [7, 11) is 0. The number of halogens is 1. The van der Waals surface area contributed by atoms with Crippen molar-refractivity contribution in [3.63, 3.8) is 0 Å². The van der Waals surface area contributed by atoms with E-state index in [2.05, 4.69) is 14.6 Å². The minimum Gasteiger partial charge on any atom is -0.234 e. The molecule has 0 N–H and O–H groups in total. The highest BCUT2D eigenvalue weighted by Gasteiger charge is 2.12. The van der Waals surface area contributed by atoms with Gasteiger partial charge in [-0.15, -0.1) is 27.8 Å². The molecule has 0 aliphatic heterocycles. The molecule has 3 rings (SSSR count). The van der Waals surface area contributed by atoms with Crippen LogP contribution in [0.5, 0.6) is 0 Å². The first-order chi connectivity index (χ1) is 8.24. The van der Waals surface area contributed by atoms with Gasteiger partial charge in [0.25, 0.3) is 0 Å². The summed E-state index contributed by atoms with van der Waals surface area (Å²) in [6.45, 7) is 1.95. The topological polar surface area (TPSA) is 38.7 Å². The van der Waals surface area contributed by atoms with Gasteiger partial charge in [0.1, 0.15) is 9.88 Å². The summed E-state index contributed by atoms with van der Waals surface area (Å²) in [6.07, 6.45) is 0. The van der Waals surface area contributed by atoms with Gasteiger partial charge in [0.2, 0.25) is 0 Å². The Kier molecular flexibility index (Phi) is 2.96. The maximum atomic E-state index is 5.92. The number of hydrogen-bond donors (Lipinski definition) is 0. The molecule has 0 saturated carbocycles. The fourth-order valence-corrected chi connectivity index (χ4v) is 4.06. The summed E-state index contributed by atoms with van der Waals surface area (Å²) in [6, 6.07) is 3.88. The van der Waals surface area contributed by atoms with Gasteiger partial charge in [-0.1, -0.05) is 16.1 Å². The van der Waals surface area contributed by atoms with Gasteiger partial charge in [-0.25, -0.2) is 4.98 Å². The molecule has 7 heteroatoms. The molecule has 0 unspecified atom stereocenters. The molecule has 0 amide bonds. The second kappa shape index (κ2) is 4.45. The molecule has 17 heavy (non-hydrogen) atoms. The predicted octanol–water partition coefficient (Wildman–Crippen LogP) is 4.35. The van der Waals surface area contributed by atoms with Gasteiger partial charge >= 0.3 is 0 Å². The number of nitrogens with zero attached hydrogens (tertiary/aromatic N) is 3. The Balaban J connectivity index is 2.01. The Morgan fingerprint density at radius 2 is 2.18 bits per heavy atom. The molecule has 3 nitrogen and oxygen atoms in total. The van der Waals surface area contributed by atoms with Crippen molar-refractivity contribution >= 4 is 45.8 Å². The SMILES string of the molecule is Cc1nnsc1-c1nc(-c2ccc(Cl)s2)cs1. The summed E-state index contributed by atoms with van der Waals surface area (Å²) in [5.41, 5.74) is 1.90. The van der Waals surface area contributed by atoms with E-state index < -0.39 is 0 Å². The highest BCUT2D eigenvalue weighted by molar-refractivity contribution is 7.20. The van der Waals surface area contributed by atoms with Crippen molar-refractivity contribution < 1.29 is 0 Å². The fraction of sp³-hybridized carbons (Fsp3) is 0.100. The van der Waals surface area contributed by atoms with Crippen LogP contribution in [0.15, 0.2) is 17.5 Å². The van der Waals surface area contributed by atoms with Gasteiger partial charge in [-0.2, -0.15) is 0 Å². The van der Waals surface area contributed by atoms with Crippen LogP contribution in [-0.2, 0) is 0 Å². The maximum Gasteiger partial charge on any atom is 0.137 e. The van der Waals surface area contributed by atoms with Crippen LogP contribution in [0.2, 0.25) is 4.34 Å². The van der Waals surface area contributed by atoms with Crippen molar-refractivity contribution in [3.8, 4) is 20.5 Å². The molecule has 0 saturated heterocycles. The smallest absolute Gasteiger partial charge is 0.137 e. The summed E-state index contributed by atoms with van der Waals surface area (Å²) in [5, 5.41) is 7.00. The third-order valence-electron chi connectivity index (χ3n) is 2.18. The van der Waals surface area contributed by atoms with Crippen molar-refractivity contribution in [2.75, 3.05) is 0 Å². The van der Waals surface area contributed by atoms with E-state index in [1.165, 1.54) is 22.9 Å². The third kappa shape index (κ3) is 2.13. The van der Waals surface area contributed by atoms with Crippen LogP contribution in [0.25, 0.3) is 20.5 Å². The molecule has 3 aromatic heterocycles. The minimum absolute atomic E-state index is 0.783. The van der Waals surface area contributed by atoms with E-state index >= 15 is 0 Å². The molecule has 0 bridgehead atoms. The number of rotatable bonds is 2. The van der Waals surface area contributed by atoms with Gasteiger partial charge in [0.05, 0.1) is 20.6 Å². The number of hydrogen-bond acceptors (Lipinski definition) is 6. The highest BCUT2D eigenvalue weighted by atomic mass is 35.5. The Hall–Kier alpha value is -0.820. The number of aryl methyl sites for hydroxylation is 1. The predicted molar refractivity (Wildman–Crippen MR) is 74.1 cm³/mol. The van der Waals surface area contributed by atoms with Crippen molar-refractivity contribution in [2.24, 2.45) is 0 Å². The Morgan fingerprint density at radius 1 is 1.29 bits per heavy atom. The molecule has 3 heterocycles. The van der Waals surface area contributed by atoms with Crippen LogP contribution in [0.4, 0.5) is 0 Å². The zero-order chi connectivity index (χ0) is 11.8. The minimum atomic E-state index is 0.783. The second-order valence-corrected chi connectivity index (χ2v) is 6.66. The van der Waals surface area contributed by atoms with E-state index in [4.69, 9.17) is 11.6 Å². The van der Waals surface area contributed by atoms with E-state index in [9.17, 15) is 0 Å². The average Bonchev–Trinajstić information content (AvgIpc) is 2.97. The molecular formula is C10H6ClN3S3. The third-order valence-corrected chi connectivity index (χ3v) is 5.25. The monoisotopic (exact) mass is 299 g/mol. The maximum absolute atomic E-state index is 5.92. The van der Waals surface area contributed by atoms with Crippen molar-refractivity contribution in [2.45, 2.75) is 6.92 Å². The Morgan fingerprint density at radius 3 is 2.82 bits per heavy atom. The summed E-state index contributed by atoms with van der Waals surface area (Å²) < 4.78 is 4.71. The standard InChI is InChI=1S/C10H6ClN3S3/c1-5-9(17-14-13-5)10-12-6(4-15-10)7-2-3-8(11)16-7/h2-4H,1H3. The molecule has 86 valence electrons. The molecule has 3 aromatic rings. The van der Waals surface area contributed by atoms with Crippen LogP contribution in [-0.4, -0.2) is 14.6 Å². The number of aromatic nitrogens is 3. The van der Waals surface area contributed by atoms with E-state index in [1.54, 1.807) is 11.3 Å². The highest BCUT2D eigenvalue weighted by Crippen LogP contribution is 2.35. The summed E-state index contributed by atoms with van der Waals surface area (Å²) in [5.74, 6) is 0. The molecular weight excluding hydrogens is 294 g/mol. The molecule has 0 aliphatic carbocycles. The quantitative estimate of drug-likeness (QED) is 0.706. The Bertz CT molecular complexity index is 655. The van der Waals surface area contributed by atoms with Crippen molar-refractivity contribution in [1.29, 1.82) is 0 Å². The van der Waals surface area contributed by atoms with Crippen LogP contribution in [0.1, 0.15) is 5.69 Å². The lowest BCUT2D eigenvalue weighted by atomic mass is 10.4. The number of thiophene rings is 1. The number of thiazole rings is 1. The lowest BCUT2D eigenvalue weighted by Gasteiger charge is -1.89. The first kappa shape index (κ1) is 11.3. The van der Waals surface area contributed by atoms with E-state index in [-0.39, 0.29) is 0 Å². The zero-order valence-electron chi connectivity index (χ0n) is 8.68. The van der Waals surface area contributed by atoms with Crippen LogP contribution < -0.4 is 0 Å². The van der Waals surface area contributed by atoms with Gasteiger partial charge < -0.3 is 0 Å². The van der Waals surface area contributed by atoms with Gasteiger partial charge in [0, 0.05) is 5.38 Å². The van der Waals surface area contributed by atoms with Gasteiger partial charge in [-0.3, -0.25) is 0 Å². The summed E-state index contributed by atoms with van der Waals surface area (Å²) in [4.78, 5) is 6.73. The van der Waals surface area contributed by atoms with Gasteiger partial charge in [0.15, 0.2) is 0 Å². The Labute approximate surface area is 115 Å². The van der Waals surface area contributed by atoms with E-state index in [0.717, 1.165) is 30.5 Å². The normalized spacial score (nSPS) is 10.9. The first-order valence-electron chi connectivity index (χ1n) is 4.74. The zero-order valence-corrected chi connectivity index (χ0v) is 11.9. The van der Waals surface area contributed by atoms with Crippen LogP contribution in [0, 0.1) is 6.92 Å². The molecule has 0 spiro atoms. The van der Waals surface area contributed by atoms with E-state index in [0.29, 0.717) is 0 Å². The van der Waals surface area contributed by atoms with Crippen LogP contribution in [0.3, 0.4) is 0 Å². The molecule has 0 fully saturated rings. The fourth-order valence-electron chi connectivity index (χ4n) is 1.37. The van der Waals surface area contributed by atoms with Gasteiger partial charge in [-0.05, 0) is 30.6 Å². The molecule has 0 aromatic carbocycles. The molecule has 0 aliphatic rings. The summed E-state index contributed by atoms with van der Waals surface area (Å²) >= 11 is 10.4. The lowest BCUT2D eigenvalue weighted by Crippen LogP contribution is -1.77. The molecule has 0 atom stereocenters. The van der Waals surface area contributed by atoms with Crippen LogP contribution >= 0.6 is 45.8 Å². The molecule has 0 radical (unpaired) electrons. The second-order valence-electron chi connectivity index (χ2n) is 3.33.